The molecule has 4 N–H and O–H groups in total. The molecule has 0 aliphatic heterocycles. The van der Waals surface area contributed by atoms with Gasteiger partial charge in [-0.15, -0.1) is 0 Å². The lowest BCUT2D eigenvalue weighted by molar-refractivity contribution is -0.124. The summed E-state index contributed by atoms with van der Waals surface area (Å²) in [4.78, 5) is 12.5. The number of carbonyl (C=O) groups is 1. The van der Waals surface area contributed by atoms with Crippen molar-refractivity contribution in [2.75, 3.05) is 6.61 Å². The van der Waals surface area contributed by atoms with E-state index < -0.39 is 18.2 Å². The van der Waals surface area contributed by atoms with Crippen molar-refractivity contribution < 1.29 is 20.1 Å². The summed E-state index contributed by atoms with van der Waals surface area (Å²) in [6.07, 6.45) is 64.0. The zero-order valence-corrected chi connectivity index (χ0v) is 41.6. The largest absolute Gasteiger partial charge is 0.394 e. The van der Waals surface area contributed by atoms with Crippen molar-refractivity contribution in [3.63, 3.8) is 0 Å². The van der Waals surface area contributed by atoms with Crippen molar-refractivity contribution in [3.8, 4) is 0 Å². The molecule has 0 aromatic rings. The van der Waals surface area contributed by atoms with Crippen molar-refractivity contribution in [1.82, 2.24) is 5.32 Å². The number of allylic oxidation sites excluding steroid dienone is 1. The first-order valence-electron chi connectivity index (χ1n) is 28.0. The molecule has 0 saturated carbocycles. The molecule has 5 nitrogen and oxygen atoms in total. The van der Waals surface area contributed by atoms with Crippen molar-refractivity contribution in [2.24, 2.45) is 0 Å². The van der Waals surface area contributed by atoms with Crippen molar-refractivity contribution in [2.45, 2.75) is 334 Å². The van der Waals surface area contributed by atoms with Gasteiger partial charge in [0.15, 0.2) is 0 Å². The Morgan fingerprint density at radius 3 is 0.951 bits per heavy atom. The number of nitrogens with one attached hydrogen (secondary N) is 1. The van der Waals surface area contributed by atoms with Crippen LogP contribution in [0.2, 0.25) is 0 Å². The third-order valence-corrected chi connectivity index (χ3v) is 13.3. The number of amides is 1. The van der Waals surface area contributed by atoms with E-state index in [2.05, 4.69) is 19.2 Å². The van der Waals surface area contributed by atoms with Crippen LogP contribution in [-0.4, -0.2) is 46.1 Å². The van der Waals surface area contributed by atoms with E-state index in [9.17, 15) is 20.1 Å². The van der Waals surface area contributed by atoms with E-state index in [0.29, 0.717) is 6.42 Å². The van der Waals surface area contributed by atoms with Crippen molar-refractivity contribution >= 4 is 5.91 Å². The minimum atomic E-state index is -0.926. The maximum Gasteiger partial charge on any atom is 0.222 e. The van der Waals surface area contributed by atoms with Crippen LogP contribution in [0.3, 0.4) is 0 Å². The summed E-state index contributed by atoms with van der Waals surface area (Å²) in [6, 6.07) is -0.741. The average molecular weight is 863 g/mol. The first kappa shape index (κ1) is 60.1. The van der Waals surface area contributed by atoms with Gasteiger partial charge in [0.2, 0.25) is 5.91 Å². The smallest absolute Gasteiger partial charge is 0.222 e. The topological polar surface area (TPSA) is 89.8 Å². The van der Waals surface area contributed by atoms with Crippen LogP contribution >= 0.6 is 0 Å². The van der Waals surface area contributed by atoms with Gasteiger partial charge in [-0.05, 0) is 19.3 Å². The third kappa shape index (κ3) is 48.4. The number of rotatable bonds is 52. The molecule has 0 heterocycles. The second-order valence-electron chi connectivity index (χ2n) is 19.6. The fourth-order valence-electron chi connectivity index (χ4n) is 9.05. The molecule has 0 fully saturated rings. The van der Waals surface area contributed by atoms with Gasteiger partial charge in [0.05, 0.1) is 31.3 Å². The van der Waals surface area contributed by atoms with Gasteiger partial charge < -0.3 is 20.6 Å². The number of aliphatic hydroxyl groups excluding tert-OH is 3. The van der Waals surface area contributed by atoms with Crippen LogP contribution in [0.1, 0.15) is 316 Å². The van der Waals surface area contributed by atoms with Crippen LogP contribution in [0.25, 0.3) is 0 Å². The molecule has 0 radical (unpaired) electrons. The van der Waals surface area contributed by atoms with Crippen LogP contribution in [0, 0.1) is 0 Å². The molecular weight excluding hydrogens is 751 g/mol. The van der Waals surface area contributed by atoms with E-state index in [1.54, 1.807) is 6.08 Å². The summed E-state index contributed by atoms with van der Waals surface area (Å²) >= 11 is 0. The minimum absolute atomic E-state index is 0.0195. The molecule has 0 saturated heterocycles. The highest BCUT2D eigenvalue weighted by Crippen LogP contribution is 2.18. The Balaban J connectivity index is 3.54. The Bertz CT molecular complexity index is 864. The number of unbranched alkanes of at least 4 members (excludes halogenated alkanes) is 43. The van der Waals surface area contributed by atoms with Crippen LogP contribution in [-0.2, 0) is 4.79 Å². The molecule has 61 heavy (non-hydrogen) atoms. The zero-order chi connectivity index (χ0) is 44.4. The van der Waals surface area contributed by atoms with E-state index in [4.69, 9.17) is 0 Å². The molecule has 364 valence electrons. The first-order chi connectivity index (χ1) is 30.0. The Hall–Kier alpha value is -0.910. The lowest BCUT2D eigenvalue weighted by Gasteiger charge is -2.21. The van der Waals surface area contributed by atoms with E-state index in [1.165, 1.54) is 263 Å². The number of hydrogen-bond acceptors (Lipinski definition) is 4. The van der Waals surface area contributed by atoms with Gasteiger partial charge in [-0.1, -0.05) is 302 Å². The standard InChI is InChI=1S/C56H111NO4/c1-3-5-7-9-11-13-15-17-19-21-23-25-27-29-31-33-35-37-39-41-43-45-47-49-53(59)51-56(61)57-54(52-58)55(60)50-48-46-44-42-40-38-36-34-32-30-28-26-24-22-20-18-16-14-12-10-8-6-4-2/h48,50,53-55,58-60H,3-47,49,51-52H2,1-2H3,(H,57,61)/b50-48+. The lowest BCUT2D eigenvalue weighted by atomic mass is 10.0. The van der Waals surface area contributed by atoms with E-state index in [-0.39, 0.29) is 18.9 Å². The predicted octanol–water partition coefficient (Wildman–Crippen LogP) is 17.1. The fourth-order valence-corrected chi connectivity index (χ4v) is 9.05. The normalized spacial score (nSPS) is 13.3. The highest BCUT2D eigenvalue weighted by molar-refractivity contribution is 5.76. The summed E-state index contributed by atoms with van der Waals surface area (Å²) in [5.74, 6) is -0.308. The molecule has 0 rings (SSSR count). The molecule has 0 aromatic carbocycles. The molecule has 3 atom stereocenters. The quantitative estimate of drug-likeness (QED) is 0.0362. The van der Waals surface area contributed by atoms with Crippen LogP contribution in [0.4, 0.5) is 0 Å². The van der Waals surface area contributed by atoms with Gasteiger partial charge in [0.1, 0.15) is 0 Å². The molecule has 0 spiro atoms. The predicted molar refractivity (Wildman–Crippen MR) is 269 cm³/mol. The Labute approximate surface area is 382 Å². The summed E-state index contributed by atoms with van der Waals surface area (Å²) < 4.78 is 0. The maximum absolute atomic E-state index is 12.5. The van der Waals surface area contributed by atoms with Crippen LogP contribution in [0.15, 0.2) is 12.2 Å². The highest BCUT2D eigenvalue weighted by Gasteiger charge is 2.20. The van der Waals surface area contributed by atoms with Gasteiger partial charge in [-0.2, -0.15) is 0 Å². The maximum atomic E-state index is 12.5. The third-order valence-electron chi connectivity index (χ3n) is 13.3. The van der Waals surface area contributed by atoms with Crippen molar-refractivity contribution in [3.05, 3.63) is 12.2 Å². The molecular formula is C56H111NO4. The zero-order valence-electron chi connectivity index (χ0n) is 41.6. The van der Waals surface area contributed by atoms with Gasteiger partial charge >= 0.3 is 0 Å². The van der Waals surface area contributed by atoms with Crippen LogP contribution < -0.4 is 5.32 Å². The minimum Gasteiger partial charge on any atom is -0.394 e. The van der Waals surface area contributed by atoms with E-state index in [0.717, 1.165) is 25.7 Å². The Kier molecular flexibility index (Phi) is 51.0. The number of hydrogen-bond donors (Lipinski definition) is 4. The fraction of sp³-hybridized carbons (Fsp3) is 0.946. The summed E-state index contributed by atoms with van der Waals surface area (Å²) in [5.41, 5.74) is 0. The Morgan fingerprint density at radius 2 is 0.672 bits per heavy atom. The molecule has 0 bridgehead atoms. The first-order valence-corrected chi connectivity index (χ1v) is 28.0. The molecule has 0 aliphatic carbocycles. The molecule has 3 unspecified atom stereocenters. The van der Waals surface area contributed by atoms with Gasteiger partial charge in [-0.3, -0.25) is 4.79 Å². The second-order valence-corrected chi connectivity index (χ2v) is 19.6. The van der Waals surface area contributed by atoms with Gasteiger partial charge in [-0.25, -0.2) is 0 Å². The second kappa shape index (κ2) is 51.7. The van der Waals surface area contributed by atoms with Gasteiger partial charge in [0.25, 0.3) is 0 Å². The summed E-state index contributed by atoms with van der Waals surface area (Å²) in [5, 5.41) is 33.5. The van der Waals surface area contributed by atoms with Crippen LogP contribution in [0.5, 0.6) is 0 Å². The van der Waals surface area contributed by atoms with Crippen molar-refractivity contribution in [1.29, 1.82) is 0 Å². The summed E-state index contributed by atoms with van der Waals surface area (Å²) in [6.45, 7) is 4.26. The number of carbonyl (C=O) groups excluding carboxylic acids is 1. The molecule has 0 aromatic heterocycles. The lowest BCUT2D eigenvalue weighted by Crippen LogP contribution is -2.45. The molecule has 0 aliphatic rings. The average Bonchev–Trinajstić information content (AvgIpc) is 3.25. The Morgan fingerprint density at radius 1 is 0.410 bits per heavy atom. The monoisotopic (exact) mass is 862 g/mol. The SMILES string of the molecule is CCCCCCCCCCCCCCCCCCCCCCC/C=C/C(O)C(CO)NC(=O)CC(O)CCCCCCCCCCCCCCCCCCCCCCCCC. The highest BCUT2D eigenvalue weighted by atomic mass is 16.3. The molecule has 1 amide bonds. The molecule has 5 heteroatoms. The van der Waals surface area contributed by atoms with E-state index in [1.807, 2.05) is 6.08 Å². The number of aliphatic hydroxyl groups is 3. The van der Waals surface area contributed by atoms with E-state index >= 15 is 0 Å². The van der Waals surface area contributed by atoms with Gasteiger partial charge in [0, 0.05) is 0 Å². The summed E-state index contributed by atoms with van der Waals surface area (Å²) in [7, 11) is 0.